The van der Waals surface area contributed by atoms with Gasteiger partial charge in [0.05, 0.1) is 6.04 Å². The van der Waals surface area contributed by atoms with Crippen LogP contribution in [0.2, 0.25) is 0 Å². The van der Waals surface area contributed by atoms with Crippen LogP contribution in [0.4, 0.5) is 0 Å². The molecule has 0 aliphatic heterocycles. The highest BCUT2D eigenvalue weighted by molar-refractivity contribution is 7.98. The van der Waals surface area contributed by atoms with Crippen LogP contribution in [0.5, 0.6) is 0 Å². The summed E-state index contributed by atoms with van der Waals surface area (Å²) in [6.45, 7) is 3.60. The van der Waals surface area contributed by atoms with Crippen LogP contribution in [0, 0.1) is 0 Å². The third kappa shape index (κ3) is 11.0. The Balaban J connectivity index is 4.35. The standard InChI is InChI=1S/C15H34N4OS/c1-17(2)9-6-11-19(12-7-10-18(3)4)15(20)14(16)8-13-21-5/h14H,6-13,16H2,1-5H3/t14-/m1/s1. The van der Waals surface area contributed by atoms with E-state index in [9.17, 15) is 4.79 Å². The number of rotatable bonds is 12. The van der Waals surface area contributed by atoms with Crippen LogP contribution in [0.1, 0.15) is 19.3 Å². The number of thioether (sulfide) groups is 1. The van der Waals surface area contributed by atoms with E-state index in [-0.39, 0.29) is 11.9 Å². The molecule has 0 aliphatic carbocycles. The van der Waals surface area contributed by atoms with Gasteiger partial charge in [-0.15, -0.1) is 0 Å². The number of nitrogens with two attached hydrogens (primary N) is 1. The molecule has 0 aromatic carbocycles. The molecule has 0 aromatic heterocycles. The predicted octanol–water partition coefficient (Wildman–Crippen LogP) is 0.799. The molecule has 0 aromatic rings. The van der Waals surface area contributed by atoms with Gasteiger partial charge in [-0.2, -0.15) is 11.8 Å². The molecule has 0 fully saturated rings. The Morgan fingerprint density at radius 1 is 1.00 bits per heavy atom. The molecule has 0 heterocycles. The van der Waals surface area contributed by atoms with Crippen molar-refractivity contribution in [1.29, 1.82) is 0 Å². The van der Waals surface area contributed by atoms with Crippen LogP contribution >= 0.6 is 11.8 Å². The lowest BCUT2D eigenvalue weighted by atomic mass is 10.2. The molecular formula is C15H34N4OS. The molecule has 1 amide bonds. The van der Waals surface area contributed by atoms with Crippen molar-refractivity contribution in [3.05, 3.63) is 0 Å². The van der Waals surface area contributed by atoms with Gasteiger partial charge in [-0.05, 0) is 72.6 Å². The quantitative estimate of drug-likeness (QED) is 0.577. The van der Waals surface area contributed by atoms with Gasteiger partial charge in [0.15, 0.2) is 0 Å². The third-order valence-electron chi connectivity index (χ3n) is 3.33. The van der Waals surface area contributed by atoms with Crippen LogP contribution in [0.3, 0.4) is 0 Å². The van der Waals surface area contributed by atoms with E-state index >= 15 is 0 Å². The van der Waals surface area contributed by atoms with E-state index in [1.807, 2.05) is 11.2 Å². The van der Waals surface area contributed by atoms with Crippen molar-refractivity contribution in [3.63, 3.8) is 0 Å². The number of hydrogen-bond acceptors (Lipinski definition) is 5. The van der Waals surface area contributed by atoms with Crippen molar-refractivity contribution in [2.45, 2.75) is 25.3 Å². The Hall–Kier alpha value is -0.300. The van der Waals surface area contributed by atoms with E-state index in [4.69, 9.17) is 5.73 Å². The van der Waals surface area contributed by atoms with Crippen molar-refractivity contribution in [2.75, 3.05) is 66.4 Å². The lowest BCUT2D eigenvalue weighted by molar-refractivity contribution is -0.132. The van der Waals surface area contributed by atoms with Gasteiger partial charge in [0.2, 0.25) is 5.91 Å². The molecule has 0 bridgehead atoms. The van der Waals surface area contributed by atoms with Gasteiger partial charge in [-0.3, -0.25) is 4.79 Å². The molecule has 0 aliphatic rings. The molecule has 0 unspecified atom stereocenters. The molecule has 0 saturated carbocycles. The second kappa shape index (κ2) is 12.3. The fourth-order valence-electron chi connectivity index (χ4n) is 2.09. The van der Waals surface area contributed by atoms with Crippen molar-refractivity contribution >= 4 is 17.7 Å². The minimum absolute atomic E-state index is 0.113. The first-order valence-electron chi connectivity index (χ1n) is 7.71. The highest BCUT2D eigenvalue weighted by atomic mass is 32.2. The van der Waals surface area contributed by atoms with Crippen LogP contribution in [-0.4, -0.2) is 93.0 Å². The van der Waals surface area contributed by atoms with Crippen LogP contribution in [0.25, 0.3) is 0 Å². The maximum absolute atomic E-state index is 12.5. The second-order valence-electron chi connectivity index (χ2n) is 6.03. The van der Waals surface area contributed by atoms with E-state index in [0.717, 1.165) is 51.2 Å². The molecule has 21 heavy (non-hydrogen) atoms. The molecule has 5 nitrogen and oxygen atoms in total. The Labute approximate surface area is 135 Å². The van der Waals surface area contributed by atoms with Crippen LogP contribution in [0.15, 0.2) is 0 Å². The van der Waals surface area contributed by atoms with Gasteiger partial charge in [0.1, 0.15) is 0 Å². The highest BCUT2D eigenvalue weighted by Gasteiger charge is 2.20. The number of carbonyl (C=O) groups excluding carboxylic acids is 1. The average Bonchev–Trinajstić information content (AvgIpc) is 2.41. The average molecular weight is 319 g/mol. The van der Waals surface area contributed by atoms with Gasteiger partial charge in [-0.25, -0.2) is 0 Å². The highest BCUT2D eigenvalue weighted by Crippen LogP contribution is 2.05. The van der Waals surface area contributed by atoms with Gasteiger partial charge >= 0.3 is 0 Å². The van der Waals surface area contributed by atoms with Gasteiger partial charge in [0.25, 0.3) is 0 Å². The van der Waals surface area contributed by atoms with Crippen molar-refractivity contribution in [1.82, 2.24) is 14.7 Å². The minimum Gasteiger partial charge on any atom is -0.341 e. The lowest BCUT2D eigenvalue weighted by Gasteiger charge is -2.27. The van der Waals surface area contributed by atoms with E-state index < -0.39 is 0 Å². The summed E-state index contributed by atoms with van der Waals surface area (Å²) in [4.78, 5) is 18.7. The van der Waals surface area contributed by atoms with Crippen molar-refractivity contribution in [2.24, 2.45) is 5.73 Å². The van der Waals surface area contributed by atoms with Gasteiger partial charge in [-0.1, -0.05) is 0 Å². The normalized spacial score (nSPS) is 13.0. The van der Waals surface area contributed by atoms with Gasteiger partial charge in [0, 0.05) is 13.1 Å². The summed E-state index contributed by atoms with van der Waals surface area (Å²) in [6, 6.07) is -0.351. The summed E-state index contributed by atoms with van der Waals surface area (Å²) in [5.41, 5.74) is 6.04. The molecule has 0 spiro atoms. The lowest BCUT2D eigenvalue weighted by Crippen LogP contribution is -2.45. The Kier molecular flexibility index (Phi) is 12.1. The molecule has 1 atom stereocenters. The first-order chi connectivity index (χ1) is 9.88. The van der Waals surface area contributed by atoms with E-state index in [2.05, 4.69) is 38.0 Å². The molecule has 0 radical (unpaired) electrons. The number of hydrogen-bond donors (Lipinski definition) is 1. The fraction of sp³-hybridized carbons (Fsp3) is 0.933. The summed E-state index contributed by atoms with van der Waals surface area (Å²) in [7, 11) is 8.23. The number of nitrogens with zero attached hydrogens (tertiary/aromatic N) is 3. The largest absolute Gasteiger partial charge is 0.341 e. The molecule has 126 valence electrons. The second-order valence-corrected chi connectivity index (χ2v) is 7.01. The zero-order chi connectivity index (χ0) is 16.3. The topological polar surface area (TPSA) is 52.8 Å². The zero-order valence-corrected chi connectivity index (χ0v) is 15.3. The first-order valence-corrected chi connectivity index (χ1v) is 9.10. The summed E-state index contributed by atoms with van der Waals surface area (Å²) in [5.74, 6) is 1.05. The monoisotopic (exact) mass is 318 g/mol. The molecule has 6 heteroatoms. The third-order valence-corrected chi connectivity index (χ3v) is 3.97. The Bertz CT molecular complexity index is 260. The van der Waals surface area contributed by atoms with Crippen molar-refractivity contribution < 1.29 is 4.79 Å². The predicted molar refractivity (Wildman–Crippen MR) is 93.9 cm³/mol. The maximum Gasteiger partial charge on any atom is 0.239 e. The minimum atomic E-state index is -0.351. The maximum atomic E-state index is 12.5. The molecule has 2 N–H and O–H groups in total. The summed E-state index contributed by atoms with van der Waals surface area (Å²) >= 11 is 1.74. The number of carbonyl (C=O) groups is 1. The van der Waals surface area contributed by atoms with Crippen LogP contribution in [-0.2, 0) is 4.79 Å². The van der Waals surface area contributed by atoms with E-state index in [0.29, 0.717) is 0 Å². The SMILES string of the molecule is CSCC[C@@H](N)C(=O)N(CCCN(C)C)CCCN(C)C. The molecule has 0 saturated heterocycles. The fourth-order valence-corrected chi connectivity index (χ4v) is 2.58. The number of amides is 1. The molecule has 0 rings (SSSR count). The van der Waals surface area contributed by atoms with Crippen LogP contribution < -0.4 is 5.73 Å². The van der Waals surface area contributed by atoms with Gasteiger partial charge < -0.3 is 20.4 Å². The summed E-state index contributed by atoms with van der Waals surface area (Å²) in [5, 5.41) is 0. The van der Waals surface area contributed by atoms with E-state index in [1.54, 1.807) is 11.8 Å². The van der Waals surface area contributed by atoms with E-state index in [1.165, 1.54) is 0 Å². The molecular weight excluding hydrogens is 284 g/mol. The Morgan fingerprint density at radius 2 is 1.48 bits per heavy atom. The Morgan fingerprint density at radius 3 is 1.86 bits per heavy atom. The summed E-state index contributed by atoms with van der Waals surface area (Å²) in [6.07, 6.45) is 4.80. The smallest absolute Gasteiger partial charge is 0.239 e. The summed E-state index contributed by atoms with van der Waals surface area (Å²) < 4.78 is 0. The zero-order valence-electron chi connectivity index (χ0n) is 14.5. The van der Waals surface area contributed by atoms with Crippen molar-refractivity contribution in [3.8, 4) is 0 Å². The first kappa shape index (κ1) is 20.7.